The van der Waals surface area contributed by atoms with Gasteiger partial charge in [0.1, 0.15) is 15.5 Å². The Morgan fingerprint density at radius 1 is 0.905 bits per heavy atom. The van der Waals surface area contributed by atoms with Crippen LogP contribution in [0.4, 0.5) is 11.4 Å². The van der Waals surface area contributed by atoms with Crippen molar-refractivity contribution in [2.75, 3.05) is 18.2 Å². The van der Waals surface area contributed by atoms with Gasteiger partial charge in [-0.05, 0) is 77.2 Å². The van der Waals surface area contributed by atoms with E-state index in [2.05, 4.69) is 5.32 Å². The van der Waals surface area contributed by atoms with E-state index >= 15 is 0 Å². The van der Waals surface area contributed by atoms with E-state index in [0.717, 1.165) is 38.4 Å². The third-order valence-corrected chi connectivity index (χ3v) is 8.68. The lowest BCUT2D eigenvalue weighted by molar-refractivity contribution is 0.102. The molecule has 0 atom stereocenters. The average molecular weight is 588 g/mol. The Labute approximate surface area is 250 Å². The van der Waals surface area contributed by atoms with E-state index in [-0.39, 0.29) is 11.7 Å². The van der Waals surface area contributed by atoms with Crippen molar-refractivity contribution < 1.29 is 14.3 Å². The molecule has 0 aliphatic heterocycles. The Morgan fingerprint density at radius 2 is 1.67 bits per heavy atom. The number of ketones is 1. The number of nitrogen functional groups attached to an aromatic ring is 1. The van der Waals surface area contributed by atoms with Crippen LogP contribution in [0.15, 0.2) is 109 Å². The molecule has 0 saturated carbocycles. The number of methoxy groups -OCH3 is 1. The highest BCUT2D eigenvalue weighted by Crippen LogP contribution is 2.42. The Kier molecular flexibility index (Phi) is 7.64. The molecule has 42 heavy (non-hydrogen) atoms. The van der Waals surface area contributed by atoms with Gasteiger partial charge in [-0.25, -0.2) is 4.98 Å². The second kappa shape index (κ2) is 11.8. The summed E-state index contributed by atoms with van der Waals surface area (Å²) in [5.41, 5.74) is 11.7. The van der Waals surface area contributed by atoms with Crippen molar-refractivity contribution in [2.24, 2.45) is 0 Å². The van der Waals surface area contributed by atoms with Crippen LogP contribution in [-0.4, -0.2) is 23.8 Å². The number of nitrogens with zero attached hydrogens (tertiary/aromatic N) is 1. The van der Waals surface area contributed by atoms with E-state index < -0.39 is 0 Å². The van der Waals surface area contributed by atoms with Gasteiger partial charge in [0.05, 0.1) is 18.5 Å². The van der Waals surface area contributed by atoms with Crippen LogP contribution in [0.1, 0.15) is 24.9 Å². The minimum atomic E-state index is -0.339. The summed E-state index contributed by atoms with van der Waals surface area (Å²) in [5.74, 6) is 0.299. The van der Waals surface area contributed by atoms with E-state index in [1.165, 1.54) is 11.3 Å². The highest BCUT2D eigenvalue weighted by Gasteiger charge is 2.22. The Morgan fingerprint density at radius 3 is 2.36 bits per heavy atom. The lowest BCUT2D eigenvalue weighted by Gasteiger charge is -2.10. The third kappa shape index (κ3) is 5.58. The van der Waals surface area contributed by atoms with Gasteiger partial charge < -0.3 is 15.8 Å². The number of carbonyl (C=O) groups is 2. The molecule has 3 aromatic carbocycles. The van der Waals surface area contributed by atoms with Crippen molar-refractivity contribution in [2.45, 2.75) is 0 Å². The number of thiophene rings is 2. The molecule has 0 spiro atoms. The number of fused-ring (bicyclic) bond motifs is 1. The summed E-state index contributed by atoms with van der Waals surface area (Å²) >= 11 is 2.82. The van der Waals surface area contributed by atoms with Crippen LogP contribution >= 0.6 is 22.7 Å². The average Bonchev–Trinajstić information content (AvgIpc) is 3.68. The van der Waals surface area contributed by atoms with Gasteiger partial charge in [-0.3, -0.25) is 9.59 Å². The zero-order valence-electron chi connectivity index (χ0n) is 22.5. The molecule has 6 rings (SSSR count). The summed E-state index contributed by atoms with van der Waals surface area (Å²) in [5, 5.41) is 5.61. The van der Waals surface area contributed by atoms with E-state index in [0.29, 0.717) is 26.6 Å². The standard InChI is InChI=1S/C34H25N3O3S2/c1-40-25-15-11-21(12-16-25)27-20-28(22-6-3-2-4-7-22)37-34-30(27)31(35)32(42-34)33(39)36-24-13-9-23(10-14-24)29(38)18-17-26-8-5-19-41-26/h2-20H,35H2,1H3,(H,36,39)/b18-17+. The molecule has 0 bridgehead atoms. The van der Waals surface area contributed by atoms with Crippen LogP contribution < -0.4 is 15.8 Å². The summed E-state index contributed by atoms with van der Waals surface area (Å²) < 4.78 is 5.34. The number of hydrogen-bond acceptors (Lipinski definition) is 7. The quantitative estimate of drug-likeness (QED) is 0.138. The first-order valence-corrected chi connectivity index (χ1v) is 14.8. The highest BCUT2D eigenvalue weighted by molar-refractivity contribution is 7.21. The van der Waals surface area contributed by atoms with Gasteiger partial charge in [-0.15, -0.1) is 22.7 Å². The number of nitrogens with one attached hydrogen (secondary N) is 1. The number of pyridine rings is 1. The van der Waals surface area contributed by atoms with Crippen LogP contribution in [0.3, 0.4) is 0 Å². The minimum Gasteiger partial charge on any atom is -0.497 e. The topological polar surface area (TPSA) is 94.3 Å². The minimum absolute atomic E-state index is 0.110. The smallest absolute Gasteiger partial charge is 0.267 e. The maximum absolute atomic E-state index is 13.4. The first-order valence-electron chi connectivity index (χ1n) is 13.1. The summed E-state index contributed by atoms with van der Waals surface area (Å²) in [4.78, 5) is 32.9. The van der Waals surface area contributed by atoms with E-state index in [4.69, 9.17) is 15.5 Å². The predicted molar refractivity (Wildman–Crippen MR) is 174 cm³/mol. The van der Waals surface area contributed by atoms with E-state index in [1.807, 2.05) is 78.2 Å². The summed E-state index contributed by atoms with van der Waals surface area (Å²) in [6.07, 6.45) is 3.35. The number of carbonyl (C=O) groups excluding carboxylic acids is 2. The van der Waals surface area contributed by atoms with Crippen molar-refractivity contribution in [3.63, 3.8) is 0 Å². The van der Waals surface area contributed by atoms with Gasteiger partial charge in [0.25, 0.3) is 5.91 Å². The molecule has 0 radical (unpaired) electrons. The number of hydrogen-bond donors (Lipinski definition) is 2. The normalized spacial score (nSPS) is 11.2. The monoisotopic (exact) mass is 587 g/mol. The van der Waals surface area contributed by atoms with Crippen molar-refractivity contribution in [3.8, 4) is 28.1 Å². The van der Waals surface area contributed by atoms with E-state index in [9.17, 15) is 9.59 Å². The fourth-order valence-corrected chi connectivity index (χ4v) is 6.22. The Bertz CT molecular complexity index is 1910. The fourth-order valence-electron chi connectivity index (χ4n) is 4.59. The fraction of sp³-hybridized carbons (Fsp3) is 0.0294. The lowest BCUT2D eigenvalue weighted by Crippen LogP contribution is -2.12. The van der Waals surface area contributed by atoms with Crippen LogP contribution in [-0.2, 0) is 0 Å². The number of aromatic nitrogens is 1. The van der Waals surface area contributed by atoms with E-state index in [1.54, 1.807) is 54.9 Å². The van der Waals surface area contributed by atoms with Crippen LogP contribution in [0.2, 0.25) is 0 Å². The molecule has 8 heteroatoms. The SMILES string of the molecule is COc1ccc(-c2cc(-c3ccccc3)nc3sc(C(=O)Nc4ccc(C(=O)/C=C/c5cccs5)cc4)c(N)c23)cc1. The molecular weight excluding hydrogens is 563 g/mol. The molecule has 0 aliphatic carbocycles. The van der Waals surface area contributed by atoms with Gasteiger partial charge in [0.15, 0.2) is 5.78 Å². The van der Waals surface area contributed by atoms with Crippen LogP contribution in [0, 0.1) is 0 Å². The maximum atomic E-state index is 13.4. The number of nitrogens with two attached hydrogens (primary N) is 1. The first-order chi connectivity index (χ1) is 20.5. The van der Waals surface area contributed by atoms with Crippen molar-refractivity contribution >= 4 is 62.0 Å². The number of anilines is 2. The van der Waals surface area contributed by atoms with Crippen LogP contribution in [0.25, 0.3) is 38.7 Å². The Hall–Kier alpha value is -5.05. The summed E-state index contributed by atoms with van der Waals surface area (Å²) in [6.45, 7) is 0. The van der Waals surface area contributed by atoms with Crippen LogP contribution in [0.5, 0.6) is 5.75 Å². The maximum Gasteiger partial charge on any atom is 0.267 e. The molecule has 3 N–H and O–H groups in total. The molecule has 6 aromatic rings. The lowest BCUT2D eigenvalue weighted by atomic mass is 9.99. The molecule has 6 nitrogen and oxygen atoms in total. The van der Waals surface area contributed by atoms with Crippen molar-refractivity contribution in [1.29, 1.82) is 0 Å². The Balaban J connectivity index is 1.31. The van der Waals surface area contributed by atoms with Crippen molar-refractivity contribution in [3.05, 3.63) is 124 Å². The summed E-state index contributed by atoms with van der Waals surface area (Å²) in [7, 11) is 1.63. The number of amides is 1. The van der Waals surface area contributed by atoms with Gasteiger partial charge in [-0.1, -0.05) is 48.5 Å². The summed E-state index contributed by atoms with van der Waals surface area (Å²) in [6, 6.07) is 30.3. The largest absolute Gasteiger partial charge is 0.497 e. The molecule has 0 aliphatic rings. The number of allylic oxidation sites excluding steroid dienone is 1. The van der Waals surface area contributed by atoms with Crippen molar-refractivity contribution in [1.82, 2.24) is 4.98 Å². The van der Waals surface area contributed by atoms with Gasteiger partial charge in [-0.2, -0.15) is 0 Å². The van der Waals surface area contributed by atoms with Gasteiger partial charge >= 0.3 is 0 Å². The third-order valence-electron chi connectivity index (χ3n) is 6.75. The zero-order chi connectivity index (χ0) is 29.1. The number of benzene rings is 3. The molecule has 206 valence electrons. The molecular formula is C34H25N3O3S2. The van der Waals surface area contributed by atoms with Gasteiger partial charge in [0, 0.05) is 27.1 Å². The highest BCUT2D eigenvalue weighted by atomic mass is 32.1. The molecule has 3 aromatic heterocycles. The first kappa shape index (κ1) is 27.1. The molecule has 1 amide bonds. The zero-order valence-corrected chi connectivity index (χ0v) is 24.2. The molecule has 0 unspecified atom stereocenters. The predicted octanol–water partition coefficient (Wildman–Crippen LogP) is 8.43. The second-order valence-electron chi connectivity index (χ2n) is 9.42. The number of rotatable bonds is 8. The molecule has 0 fully saturated rings. The molecule has 0 saturated heterocycles. The number of ether oxygens (including phenoxy) is 1. The van der Waals surface area contributed by atoms with Gasteiger partial charge in [0.2, 0.25) is 0 Å². The molecule has 3 heterocycles. The second-order valence-corrected chi connectivity index (χ2v) is 11.4.